The van der Waals surface area contributed by atoms with Crippen LogP contribution in [0.5, 0.6) is 5.75 Å². The van der Waals surface area contributed by atoms with Crippen LogP contribution in [0, 0.1) is 0 Å². The Kier molecular flexibility index (Phi) is 4.47. The van der Waals surface area contributed by atoms with Gasteiger partial charge in [-0.25, -0.2) is 0 Å². The second-order valence-corrected chi connectivity index (χ2v) is 7.69. The Morgan fingerprint density at radius 1 is 1.12 bits per heavy atom. The molecule has 0 spiro atoms. The van der Waals surface area contributed by atoms with Crippen molar-refractivity contribution in [1.82, 2.24) is 0 Å². The number of hydrogen-bond acceptors (Lipinski definition) is 4. The Balaban J connectivity index is 2.01. The minimum absolute atomic E-state index is 0.217. The van der Waals surface area contributed by atoms with E-state index in [1.807, 2.05) is 24.3 Å². The number of methoxy groups -OCH3 is 1. The molecule has 0 fully saturated rings. The summed E-state index contributed by atoms with van der Waals surface area (Å²) >= 11 is 3.37. The first-order valence-corrected chi connectivity index (χ1v) is 9.37. The fourth-order valence-corrected chi connectivity index (χ4v) is 4.31. The van der Waals surface area contributed by atoms with Crippen molar-refractivity contribution in [2.24, 2.45) is 4.40 Å². The lowest BCUT2D eigenvalue weighted by molar-refractivity contribution is 0.415. The summed E-state index contributed by atoms with van der Waals surface area (Å²) in [4.78, 5) is 0.217. The SMILES string of the molecule is COc1cccc(NC2=NS(=O)(=O)C(c3cccc(Br)c3)=C2C)c1. The van der Waals surface area contributed by atoms with Gasteiger partial charge in [0.2, 0.25) is 0 Å². The van der Waals surface area contributed by atoms with Crippen LogP contribution in [0.1, 0.15) is 12.5 Å². The van der Waals surface area contributed by atoms with Crippen molar-refractivity contribution >= 4 is 42.4 Å². The molecule has 2 aromatic rings. The van der Waals surface area contributed by atoms with Gasteiger partial charge in [0, 0.05) is 21.8 Å². The number of anilines is 1. The van der Waals surface area contributed by atoms with Gasteiger partial charge in [0.05, 0.1) is 7.11 Å². The van der Waals surface area contributed by atoms with Gasteiger partial charge in [-0.15, -0.1) is 4.40 Å². The zero-order chi connectivity index (χ0) is 17.3. The van der Waals surface area contributed by atoms with Gasteiger partial charge < -0.3 is 10.1 Å². The number of nitrogens with one attached hydrogen (secondary N) is 1. The Bertz CT molecular complexity index is 965. The van der Waals surface area contributed by atoms with Gasteiger partial charge >= 0.3 is 0 Å². The third-order valence-corrected chi connectivity index (χ3v) is 5.56. The first-order chi connectivity index (χ1) is 11.4. The van der Waals surface area contributed by atoms with E-state index in [2.05, 4.69) is 25.6 Å². The molecule has 1 heterocycles. The minimum atomic E-state index is -3.74. The van der Waals surface area contributed by atoms with Crippen LogP contribution in [0.25, 0.3) is 4.91 Å². The zero-order valence-corrected chi connectivity index (χ0v) is 15.5. The molecule has 0 bridgehead atoms. The molecule has 0 amide bonds. The highest BCUT2D eigenvalue weighted by Gasteiger charge is 2.31. The molecule has 0 atom stereocenters. The summed E-state index contributed by atoms with van der Waals surface area (Å²) < 4.78 is 34.8. The quantitative estimate of drug-likeness (QED) is 0.834. The molecule has 3 rings (SSSR count). The van der Waals surface area contributed by atoms with Gasteiger partial charge in [-0.2, -0.15) is 8.42 Å². The molecule has 24 heavy (non-hydrogen) atoms. The molecule has 0 saturated carbocycles. The van der Waals surface area contributed by atoms with Crippen LogP contribution in [0.4, 0.5) is 5.69 Å². The van der Waals surface area contributed by atoms with Crippen LogP contribution in [-0.4, -0.2) is 21.4 Å². The van der Waals surface area contributed by atoms with Gasteiger partial charge in [0.25, 0.3) is 10.0 Å². The van der Waals surface area contributed by atoms with Gasteiger partial charge in [-0.3, -0.25) is 0 Å². The van der Waals surface area contributed by atoms with E-state index in [9.17, 15) is 8.42 Å². The highest BCUT2D eigenvalue weighted by Crippen LogP contribution is 2.34. The highest BCUT2D eigenvalue weighted by molar-refractivity contribution is 9.10. The summed E-state index contributed by atoms with van der Waals surface area (Å²) in [5.41, 5.74) is 1.89. The van der Waals surface area contributed by atoms with E-state index in [1.54, 1.807) is 38.3 Å². The average Bonchev–Trinajstić information content (AvgIpc) is 2.76. The molecule has 5 nitrogen and oxygen atoms in total. The summed E-state index contributed by atoms with van der Waals surface area (Å²) in [6.07, 6.45) is 0. The Morgan fingerprint density at radius 2 is 1.88 bits per heavy atom. The van der Waals surface area contributed by atoms with E-state index < -0.39 is 10.0 Å². The van der Waals surface area contributed by atoms with Crippen molar-refractivity contribution in [2.75, 3.05) is 12.4 Å². The Hall–Kier alpha value is -2.12. The molecule has 0 aromatic heterocycles. The first kappa shape index (κ1) is 16.7. The predicted molar refractivity (Wildman–Crippen MR) is 99.7 cm³/mol. The molecule has 0 aliphatic carbocycles. The standard InChI is InChI=1S/C17H15BrN2O3S/c1-11-16(12-5-3-6-13(18)9-12)24(21,22)20-17(11)19-14-7-4-8-15(10-14)23-2/h3-10H,1-2H3,(H,19,20). The predicted octanol–water partition coefficient (Wildman–Crippen LogP) is 4.04. The molecular weight excluding hydrogens is 392 g/mol. The van der Waals surface area contributed by atoms with Crippen LogP contribution < -0.4 is 10.1 Å². The maximum Gasteiger partial charge on any atom is 0.285 e. The van der Waals surface area contributed by atoms with E-state index in [0.29, 0.717) is 28.4 Å². The smallest absolute Gasteiger partial charge is 0.285 e. The lowest BCUT2D eigenvalue weighted by Crippen LogP contribution is -2.11. The van der Waals surface area contributed by atoms with Gasteiger partial charge in [-0.05, 0) is 36.8 Å². The van der Waals surface area contributed by atoms with E-state index in [-0.39, 0.29) is 4.91 Å². The van der Waals surface area contributed by atoms with Crippen LogP contribution >= 0.6 is 15.9 Å². The molecule has 1 aliphatic rings. The zero-order valence-electron chi connectivity index (χ0n) is 13.1. The summed E-state index contributed by atoms with van der Waals surface area (Å²) in [6, 6.07) is 14.4. The fourth-order valence-electron chi connectivity index (χ4n) is 2.48. The number of benzene rings is 2. The van der Waals surface area contributed by atoms with E-state index >= 15 is 0 Å². The lowest BCUT2D eigenvalue weighted by atomic mass is 10.1. The number of amidine groups is 1. The van der Waals surface area contributed by atoms with Crippen molar-refractivity contribution in [1.29, 1.82) is 0 Å². The molecule has 2 aromatic carbocycles. The van der Waals surface area contributed by atoms with Crippen LogP contribution in [0.15, 0.2) is 63.0 Å². The normalized spacial score (nSPS) is 16.0. The van der Waals surface area contributed by atoms with Crippen molar-refractivity contribution < 1.29 is 13.2 Å². The number of rotatable bonds is 3. The molecule has 1 N–H and O–H groups in total. The Morgan fingerprint density at radius 3 is 2.58 bits per heavy atom. The number of nitrogens with zero attached hydrogens (tertiary/aromatic N) is 1. The summed E-state index contributed by atoms with van der Waals surface area (Å²) in [7, 11) is -2.16. The molecule has 1 aliphatic heterocycles. The molecular formula is C17H15BrN2O3S. The van der Waals surface area contributed by atoms with Crippen molar-refractivity contribution in [3.63, 3.8) is 0 Å². The summed E-state index contributed by atoms with van der Waals surface area (Å²) in [5, 5.41) is 3.06. The van der Waals surface area contributed by atoms with E-state index in [1.165, 1.54) is 0 Å². The first-order valence-electron chi connectivity index (χ1n) is 7.14. The van der Waals surface area contributed by atoms with Crippen LogP contribution in [0.2, 0.25) is 0 Å². The second-order valence-electron chi connectivity index (χ2n) is 5.24. The van der Waals surface area contributed by atoms with Crippen molar-refractivity contribution in [2.45, 2.75) is 6.92 Å². The highest BCUT2D eigenvalue weighted by atomic mass is 79.9. The fraction of sp³-hybridized carbons (Fsp3) is 0.118. The number of ether oxygens (including phenoxy) is 1. The van der Waals surface area contributed by atoms with E-state index in [0.717, 1.165) is 4.47 Å². The third-order valence-electron chi connectivity index (χ3n) is 3.58. The number of sulfonamides is 1. The van der Waals surface area contributed by atoms with Crippen molar-refractivity contribution in [3.8, 4) is 5.75 Å². The molecule has 7 heteroatoms. The summed E-state index contributed by atoms with van der Waals surface area (Å²) in [6.45, 7) is 1.74. The molecule has 0 unspecified atom stereocenters. The number of hydrogen-bond donors (Lipinski definition) is 1. The number of halogens is 1. The molecule has 0 saturated heterocycles. The van der Waals surface area contributed by atoms with Crippen LogP contribution in [0.3, 0.4) is 0 Å². The monoisotopic (exact) mass is 406 g/mol. The molecule has 0 radical (unpaired) electrons. The Labute approximate surface area is 149 Å². The average molecular weight is 407 g/mol. The lowest BCUT2D eigenvalue weighted by Gasteiger charge is -2.08. The van der Waals surface area contributed by atoms with Crippen molar-refractivity contribution in [3.05, 3.63) is 64.1 Å². The topological polar surface area (TPSA) is 67.8 Å². The van der Waals surface area contributed by atoms with Gasteiger partial charge in [0.1, 0.15) is 16.5 Å². The molecule has 124 valence electrons. The van der Waals surface area contributed by atoms with Gasteiger partial charge in [0.15, 0.2) is 0 Å². The van der Waals surface area contributed by atoms with Gasteiger partial charge in [-0.1, -0.05) is 34.1 Å². The van der Waals surface area contributed by atoms with E-state index in [4.69, 9.17) is 4.74 Å². The van der Waals surface area contributed by atoms with Crippen LogP contribution in [-0.2, 0) is 10.0 Å². The minimum Gasteiger partial charge on any atom is -0.497 e. The maximum atomic E-state index is 12.5. The summed E-state index contributed by atoms with van der Waals surface area (Å²) in [5.74, 6) is 0.994. The largest absolute Gasteiger partial charge is 0.497 e. The maximum absolute atomic E-state index is 12.5. The third kappa shape index (κ3) is 3.22. The second kappa shape index (κ2) is 6.41.